The van der Waals surface area contributed by atoms with Crippen LogP contribution in [0, 0.1) is 5.82 Å². The lowest BCUT2D eigenvalue weighted by atomic mass is 10.2. The van der Waals surface area contributed by atoms with Gasteiger partial charge in [0, 0.05) is 23.4 Å². The molecule has 0 aliphatic rings. The minimum atomic E-state index is -4.32. The van der Waals surface area contributed by atoms with E-state index < -0.39 is 28.3 Å². The molecule has 0 atom stereocenters. The quantitative estimate of drug-likeness (QED) is 0.289. The van der Waals surface area contributed by atoms with Gasteiger partial charge in [-0.05, 0) is 48.1 Å². The number of methoxy groups -OCH3 is 2. The number of para-hydroxylation sites is 1. The maximum absolute atomic E-state index is 14.7. The second kappa shape index (κ2) is 13.6. The molecule has 0 heterocycles. The highest BCUT2D eigenvalue weighted by molar-refractivity contribution is 7.98. The van der Waals surface area contributed by atoms with E-state index in [1.54, 1.807) is 11.8 Å². The standard InChI is InChI=1S/C26H28ClFN2O5S2/c1-34-24-13-12-20(16-25(24)35-2)37(32,33)30(23-11-6-5-10-22(23)28)17-26(31)29-14-7-15-36-18-19-8-3-4-9-21(19)27/h3-6,8-13,16H,7,14-15,17-18H2,1-2H3,(H,29,31). The molecule has 0 radical (unpaired) electrons. The summed E-state index contributed by atoms with van der Waals surface area (Å²) >= 11 is 7.84. The van der Waals surface area contributed by atoms with Crippen molar-refractivity contribution in [2.45, 2.75) is 17.1 Å². The fourth-order valence-electron chi connectivity index (χ4n) is 3.44. The van der Waals surface area contributed by atoms with E-state index in [4.69, 9.17) is 21.1 Å². The molecule has 0 aliphatic carbocycles. The van der Waals surface area contributed by atoms with Gasteiger partial charge in [0.2, 0.25) is 5.91 Å². The van der Waals surface area contributed by atoms with Crippen molar-refractivity contribution >= 4 is 45.0 Å². The normalized spacial score (nSPS) is 11.1. The summed E-state index contributed by atoms with van der Waals surface area (Å²) < 4.78 is 52.9. The number of nitrogens with zero attached hydrogens (tertiary/aromatic N) is 1. The third-order valence-electron chi connectivity index (χ3n) is 5.35. The molecule has 1 N–H and O–H groups in total. The Bertz CT molecular complexity index is 1320. The van der Waals surface area contributed by atoms with Crippen molar-refractivity contribution in [2.75, 3.05) is 37.4 Å². The smallest absolute Gasteiger partial charge is 0.265 e. The summed E-state index contributed by atoms with van der Waals surface area (Å²) in [6.45, 7) is -0.250. The van der Waals surface area contributed by atoms with Crippen LogP contribution in [0.1, 0.15) is 12.0 Å². The van der Waals surface area contributed by atoms with Gasteiger partial charge in [0.05, 0.1) is 24.8 Å². The Hall–Kier alpha value is -2.95. The minimum Gasteiger partial charge on any atom is -0.493 e. The van der Waals surface area contributed by atoms with Crippen molar-refractivity contribution < 1.29 is 27.1 Å². The number of nitrogens with one attached hydrogen (secondary N) is 1. The van der Waals surface area contributed by atoms with Gasteiger partial charge in [-0.1, -0.05) is 41.9 Å². The fraction of sp³-hybridized carbons (Fsp3) is 0.269. The second-order valence-corrected chi connectivity index (χ2v) is 11.2. The Balaban J connectivity index is 1.67. The Morgan fingerprint density at radius 1 is 1.03 bits per heavy atom. The van der Waals surface area contributed by atoms with Crippen molar-refractivity contribution in [1.82, 2.24) is 5.32 Å². The van der Waals surface area contributed by atoms with E-state index in [1.807, 2.05) is 24.3 Å². The van der Waals surface area contributed by atoms with Crippen molar-refractivity contribution in [3.05, 3.63) is 83.1 Å². The van der Waals surface area contributed by atoms with E-state index in [0.29, 0.717) is 23.7 Å². The molecular formula is C26H28ClFN2O5S2. The number of benzene rings is 3. The molecule has 3 aromatic carbocycles. The minimum absolute atomic E-state index is 0.169. The van der Waals surface area contributed by atoms with E-state index in [0.717, 1.165) is 27.4 Å². The number of ether oxygens (including phenoxy) is 2. The first kappa shape index (κ1) is 28.6. The summed E-state index contributed by atoms with van der Waals surface area (Å²) in [5.74, 6) is 0.726. The third kappa shape index (κ3) is 7.53. The first-order valence-electron chi connectivity index (χ1n) is 11.3. The molecular weight excluding hydrogens is 539 g/mol. The van der Waals surface area contributed by atoms with Crippen LogP contribution in [-0.4, -0.2) is 47.4 Å². The van der Waals surface area contributed by atoms with Crippen LogP contribution in [0.4, 0.5) is 10.1 Å². The summed E-state index contributed by atoms with van der Waals surface area (Å²) in [5, 5.41) is 3.44. The zero-order chi connectivity index (χ0) is 26.8. The maximum Gasteiger partial charge on any atom is 0.265 e. The van der Waals surface area contributed by atoms with E-state index in [2.05, 4.69) is 5.32 Å². The molecule has 7 nitrogen and oxygen atoms in total. The number of thioether (sulfide) groups is 1. The van der Waals surface area contributed by atoms with Gasteiger partial charge in [0.15, 0.2) is 11.5 Å². The highest BCUT2D eigenvalue weighted by atomic mass is 35.5. The van der Waals surface area contributed by atoms with E-state index >= 15 is 0 Å². The number of hydrogen-bond acceptors (Lipinski definition) is 6. The van der Waals surface area contributed by atoms with Gasteiger partial charge in [-0.2, -0.15) is 11.8 Å². The van der Waals surface area contributed by atoms with Crippen LogP contribution in [0.5, 0.6) is 11.5 Å². The summed E-state index contributed by atoms with van der Waals surface area (Å²) in [4.78, 5) is 12.6. The Labute approximate surface area is 226 Å². The van der Waals surface area contributed by atoms with Crippen LogP contribution < -0.4 is 19.1 Å². The molecule has 1 amide bonds. The number of carbonyl (C=O) groups excluding carboxylic acids is 1. The van der Waals surface area contributed by atoms with E-state index in [9.17, 15) is 17.6 Å². The van der Waals surface area contributed by atoms with Gasteiger partial charge in [-0.25, -0.2) is 12.8 Å². The highest BCUT2D eigenvalue weighted by Crippen LogP contribution is 2.32. The monoisotopic (exact) mass is 566 g/mol. The lowest BCUT2D eigenvalue weighted by molar-refractivity contribution is -0.119. The van der Waals surface area contributed by atoms with Gasteiger partial charge >= 0.3 is 0 Å². The fourth-order valence-corrected chi connectivity index (χ4v) is 6.13. The van der Waals surface area contributed by atoms with E-state index in [-0.39, 0.29) is 16.3 Å². The number of sulfonamides is 1. The SMILES string of the molecule is COc1ccc(S(=O)(=O)N(CC(=O)NCCCSCc2ccccc2Cl)c2ccccc2F)cc1OC. The van der Waals surface area contributed by atoms with Gasteiger partial charge in [0.25, 0.3) is 10.0 Å². The van der Waals surface area contributed by atoms with Crippen molar-refractivity contribution in [2.24, 2.45) is 0 Å². The van der Waals surface area contributed by atoms with Gasteiger partial charge < -0.3 is 14.8 Å². The largest absolute Gasteiger partial charge is 0.493 e. The molecule has 0 saturated carbocycles. The predicted molar refractivity (Wildman–Crippen MR) is 146 cm³/mol. The zero-order valence-electron chi connectivity index (χ0n) is 20.4. The Kier molecular flexibility index (Phi) is 10.5. The van der Waals surface area contributed by atoms with Gasteiger partial charge in [0.1, 0.15) is 12.4 Å². The first-order chi connectivity index (χ1) is 17.8. The first-order valence-corrected chi connectivity index (χ1v) is 14.3. The third-order valence-corrected chi connectivity index (χ3v) is 8.57. The van der Waals surface area contributed by atoms with Crippen LogP contribution in [0.25, 0.3) is 0 Å². The molecule has 0 fully saturated rings. The number of halogens is 2. The van der Waals surface area contributed by atoms with Gasteiger partial charge in [-0.15, -0.1) is 0 Å². The lowest BCUT2D eigenvalue weighted by Gasteiger charge is -2.25. The molecule has 0 bridgehead atoms. The average molecular weight is 567 g/mol. The molecule has 37 heavy (non-hydrogen) atoms. The van der Waals surface area contributed by atoms with E-state index in [1.165, 1.54) is 50.6 Å². The molecule has 198 valence electrons. The number of carbonyl (C=O) groups is 1. The van der Waals surface area contributed by atoms with Crippen LogP contribution in [0.3, 0.4) is 0 Å². The molecule has 0 unspecified atom stereocenters. The van der Waals surface area contributed by atoms with Gasteiger partial charge in [-0.3, -0.25) is 9.10 Å². The number of anilines is 1. The topological polar surface area (TPSA) is 84.9 Å². The summed E-state index contributed by atoms with van der Waals surface area (Å²) in [6, 6.07) is 17.0. The molecule has 3 rings (SSSR count). The summed E-state index contributed by atoms with van der Waals surface area (Å²) in [7, 11) is -1.52. The number of rotatable bonds is 13. The van der Waals surface area contributed by atoms with Crippen molar-refractivity contribution in [1.29, 1.82) is 0 Å². The number of amides is 1. The van der Waals surface area contributed by atoms with Crippen molar-refractivity contribution in [3.63, 3.8) is 0 Å². The number of hydrogen-bond donors (Lipinski definition) is 1. The molecule has 3 aromatic rings. The summed E-state index contributed by atoms with van der Waals surface area (Å²) in [5.41, 5.74) is 0.807. The Morgan fingerprint density at radius 2 is 1.73 bits per heavy atom. The second-order valence-electron chi connectivity index (χ2n) is 7.83. The molecule has 0 aliphatic heterocycles. The van der Waals surface area contributed by atoms with Crippen LogP contribution in [-0.2, 0) is 20.6 Å². The molecule has 11 heteroatoms. The zero-order valence-corrected chi connectivity index (χ0v) is 22.8. The van der Waals surface area contributed by atoms with Crippen molar-refractivity contribution in [3.8, 4) is 11.5 Å². The lowest BCUT2D eigenvalue weighted by Crippen LogP contribution is -2.41. The highest BCUT2D eigenvalue weighted by Gasteiger charge is 2.30. The van der Waals surface area contributed by atoms with Crippen LogP contribution in [0.15, 0.2) is 71.6 Å². The van der Waals surface area contributed by atoms with Crippen LogP contribution in [0.2, 0.25) is 5.02 Å². The molecule has 0 aromatic heterocycles. The molecule has 0 spiro atoms. The predicted octanol–water partition coefficient (Wildman–Crippen LogP) is 5.13. The maximum atomic E-state index is 14.7. The Morgan fingerprint density at radius 3 is 2.43 bits per heavy atom. The van der Waals surface area contributed by atoms with Crippen LogP contribution >= 0.6 is 23.4 Å². The summed E-state index contributed by atoms with van der Waals surface area (Å²) in [6.07, 6.45) is 0.670. The molecule has 0 saturated heterocycles. The average Bonchev–Trinajstić information content (AvgIpc) is 2.90.